The van der Waals surface area contributed by atoms with Crippen LogP contribution in [0, 0.1) is 22.0 Å². The van der Waals surface area contributed by atoms with E-state index in [4.69, 9.17) is 0 Å². The van der Waals surface area contributed by atoms with Crippen LogP contribution in [-0.4, -0.2) is 33.0 Å². The van der Waals surface area contributed by atoms with Gasteiger partial charge in [0.1, 0.15) is 0 Å². The largest absolute Gasteiger partial charge is 0.316 e. The average Bonchev–Trinajstić information content (AvgIpc) is 2.82. The highest BCUT2D eigenvalue weighted by Gasteiger charge is 2.28. The summed E-state index contributed by atoms with van der Waals surface area (Å²) < 4.78 is 26.8. The molecule has 1 aliphatic rings. The Bertz CT molecular complexity index is 602. The minimum Gasteiger partial charge on any atom is -0.316 e. The number of nitro benzene ring substituents is 1. The Hall–Kier alpha value is -1.51. The molecule has 0 bridgehead atoms. The lowest BCUT2D eigenvalue weighted by Crippen LogP contribution is -2.32. The topological polar surface area (TPSA) is 101 Å². The van der Waals surface area contributed by atoms with Gasteiger partial charge < -0.3 is 5.32 Å². The van der Waals surface area contributed by atoms with Gasteiger partial charge in [-0.05, 0) is 31.0 Å². The van der Waals surface area contributed by atoms with Crippen LogP contribution in [0.2, 0.25) is 0 Å². The number of nitrogens with zero attached hydrogens (tertiary/aromatic N) is 1. The van der Waals surface area contributed by atoms with Crippen molar-refractivity contribution >= 4 is 15.7 Å². The maximum Gasteiger partial charge on any atom is 0.289 e. The molecular formula is C12H17N3O4S. The highest BCUT2D eigenvalue weighted by molar-refractivity contribution is 7.89. The molecule has 2 atom stereocenters. The van der Waals surface area contributed by atoms with E-state index in [0.717, 1.165) is 13.1 Å². The molecule has 1 saturated heterocycles. The van der Waals surface area contributed by atoms with Crippen LogP contribution in [0.5, 0.6) is 0 Å². The molecule has 1 aliphatic heterocycles. The molecule has 0 amide bonds. The third-order valence-corrected chi connectivity index (χ3v) is 5.04. The van der Waals surface area contributed by atoms with Crippen LogP contribution in [0.15, 0.2) is 29.2 Å². The van der Waals surface area contributed by atoms with Crippen molar-refractivity contribution in [2.45, 2.75) is 11.8 Å². The third-order valence-electron chi connectivity index (χ3n) is 3.56. The second kappa shape index (κ2) is 5.86. The van der Waals surface area contributed by atoms with Gasteiger partial charge in [0.25, 0.3) is 5.69 Å². The van der Waals surface area contributed by atoms with Crippen LogP contribution in [0.3, 0.4) is 0 Å². The van der Waals surface area contributed by atoms with Gasteiger partial charge >= 0.3 is 0 Å². The molecular weight excluding hydrogens is 282 g/mol. The molecule has 0 saturated carbocycles. The minimum atomic E-state index is -3.87. The molecule has 8 heteroatoms. The predicted octanol–water partition coefficient (Wildman–Crippen LogP) is 0.729. The van der Waals surface area contributed by atoms with Crippen molar-refractivity contribution in [3.8, 4) is 0 Å². The fourth-order valence-electron chi connectivity index (χ4n) is 2.27. The highest BCUT2D eigenvalue weighted by Crippen LogP contribution is 2.23. The smallest absolute Gasteiger partial charge is 0.289 e. The first-order chi connectivity index (χ1) is 9.42. The number of nitro groups is 1. The van der Waals surface area contributed by atoms with Crippen LogP contribution in [0.4, 0.5) is 5.69 Å². The van der Waals surface area contributed by atoms with E-state index in [1.807, 2.05) is 6.92 Å². The van der Waals surface area contributed by atoms with Crippen LogP contribution in [-0.2, 0) is 10.0 Å². The van der Waals surface area contributed by atoms with E-state index >= 15 is 0 Å². The Morgan fingerprint density at radius 2 is 2.10 bits per heavy atom. The van der Waals surface area contributed by atoms with Gasteiger partial charge in [-0.15, -0.1) is 0 Å². The summed E-state index contributed by atoms with van der Waals surface area (Å²) in [4.78, 5) is 9.91. The van der Waals surface area contributed by atoms with Gasteiger partial charge in [0.2, 0.25) is 10.0 Å². The molecule has 1 aromatic carbocycles. The summed E-state index contributed by atoms with van der Waals surface area (Å²) in [5.41, 5.74) is -0.405. The number of rotatable bonds is 5. The van der Waals surface area contributed by atoms with Crippen molar-refractivity contribution in [1.29, 1.82) is 0 Å². The number of hydrogen-bond donors (Lipinski definition) is 2. The van der Waals surface area contributed by atoms with E-state index in [1.165, 1.54) is 24.3 Å². The van der Waals surface area contributed by atoms with E-state index in [-0.39, 0.29) is 17.4 Å². The second-order valence-corrected chi connectivity index (χ2v) is 6.71. The molecule has 1 fully saturated rings. The van der Waals surface area contributed by atoms with Crippen molar-refractivity contribution in [3.05, 3.63) is 34.4 Å². The fraction of sp³-hybridized carbons (Fsp3) is 0.500. The third kappa shape index (κ3) is 3.14. The van der Waals surface area contributed by atoms with Gasteiger partial charge in [0, 0.05) is 12.6 Å². The highest BCUT2D eigenvalue weighted by atomic mass is 32.2. The van der Waals surface area contributed by atoms with Gasteiger partial charge in [0.15, 0.2) is 4.90 Å². The molecule has 2 N–H and O–H groups in total. The quantitative estimate of drug-likeness (QED) is 0.616. The van der Waals surface area contributed by atoms with Gasteiger partial charge in [-0.2, -0.15) is 0 Å². The van der Waals surface area contributed by atoms with Crippen LogP contribution >= 0.6 is 0 Å². The number of sulfonamides is 1. The lowest BCUT2D eigenvalue weighted by Gasteiger charge is -2.15. The number of benzene rings is 1. The SMILES string of the molecule is C[C@@H]1CNC[C@H]1CNS(=O)(=O)c1ccccc1[N+](=O)[O-]. The summed E-state index contributed by atoms with van der Waals surface area (Å²) in [6.45, 7) is 3.94. The Labute approximate surface area is 117 Å². The fourth-order valence-corrected chi connectivity index (χ4v) is 3.53. The maximum absolute atomic E-state index is 12.2. The lowest BCUT2D eigenvalue weighted by molar-refractivity contribution is -0.387. The first-order valence-electron chi connectivity index (χ1n) is 6.35. The first-order valence-corrected chi connectivity index (χ1v) is 7.84. The molecule has 2 rings (SSSR count). The molecule has 20 heavy (non-hydrogen) atoms. The molecule has 0 aromatic heterocycles. The molecule has 1 aromatic rings. The molecule has 0 unspecified atom stereocenters. The zero-order valence-electron chi connectivity index (χ0n) is 11.1. The second-order valence-electron chi connectivity index (χ2n) is 4.97. The summed E-state index contributed by atoms with van der Waals surface area (Å²) in [5, 5.41) is 14.1. The molecule has 0 radical (unpaired) electrons. The Balaban J connectivity index is 2.16. The van der Waals surface area contributed by atoms with E-state index < -0.39 is 20.6 Å². The summed E-state index contributed by atoms with van der Waals surface area (Å²) in [5.74, 6) is 0.580. The Morgan fingerprint density at radius 1 is 1.40 bits per heavy atom. The molecule has 0 spiro atoms. The summed E-state index contributed by atoms with van der Waals surface area (Å²) in [7, 11) is -3.87. The van der Waals surface area contributed by atoms with E-state index in [9.17, 15) is 18.5 Å². The Morgan fingerprint density at radius 3 is 2.70 bits per heavy atom. The summed E-state index contributed by atoms with van der Waals surface area (Å²) in [6, 6.07) is 5.35. The van der Waals surface area contributed by atoms with E-state index in [2.05, 4.69) is 10.0 Å². The standard InChI is InChI=1S/C12H17N3O4S/c1-9-6-13-7-10(9)8-14-20(18,19)12-5-3-2-4-11(12)15(16)17/h2-5,9-10,13-14H,6-8H2,1H3/t9-,10+/m1/s1. The van der Waals surface area contributed by atoms with Gasteiger partial charge in [-0.25, -0.2) is 13.1 Å². The van der Waals surface area contributed by atoms with Gasteiger partial charge in [0.05, 0.1) is 4.92 Å². The molecule has 110 valence electrons. The zero-order chi connectivity index (χ0) is 14.8. The average molecular weight is 299 g/mol. The number of nitrogens with one attached hydrogen (secondary N) is 2. The predicted molar refractivity (Wildman–Crippen MR) is 73.8 cm³/mol. The zero-order valence-corrected chi connectivity index (χ0v) is 11.9. The van der Waals surface area contributed by atoms with Crippen molar-refractivity contribution in [3.63, 3.8) is 0 Å². The van der Waals surface area contributed by atoms with Crippen molar-refractivity contribution < 1.29 is 13.3 Å². The van der Waals surface area contributed by atoms with Crippen LogP contribution in [0.25, 0.3) is 0 Å². The lowest BCUT2D eigenvalue weighted by atomic mass is 9.99. The van der Waals surface area contributed by atoms with E-state index in [0.29, 0.717) is 5.92 Å². The van der Waals surface area contributed by atoms with Gasteiger partial charge in [-0.1, -0.05) is 19.1 Å². The number of para-hydroxylation sites is 1. The van der Waals surface area contributed by atoms with E-state index in [1.54, 1.807) is 0 Å². The van der Waals surface area contributed by atoms with Crippen LogP contribution < -0.4 is 10.0 Å². The van der Waals surface area contributed by atoms with Gasteiger partial charge in [-0.3, -0.25) is 10.1 Å². The monoisotopic (exact) mass is 299 g/mol. The van der Waals surface area contributed by atoms with Crippen LogP contribution in [0.1, 0.15) is 6.92 Å². The summed E-state index contributed by atoms with van der Waals surface area (Å²) in [6.07, 6.45) is 0. The van der Waals surface area contributed by atoms with Crippen molar-refractivity contribution in [2.24, 2.45) is 11.8 Å². The molecule has 7 nitrogen and oxygen atoms in total. The summed E-state index contributed by atoms with van der Waals surface area (Å²) >= 11 is 0. The number of hydrogen-bond acceptors (Lipinski definition) is 5. The molecule has 1 heterocycles. The normalized spacial score (nSPS) is 22.9. The maximum atomic E-state index is 12.2. The Kier molecular flexibility index (Phi) is 4.36. The van der Waals surface area contributed by atoms with Crippen molar-refractivity contribution in [2.75, 3.05) is 19.6 Å². The minimum absolute atomic E-state index is 0.201. The first kappa shape index (κ1) is 14.9. The molecule has 0 aliphatic carbocycles. The van der Waals surface area contributed by atoms with Crippen molar-refractivity contribution in [1.82, 2.24) is 10.0 Å².